The van der Waals surface area contributed by atoms with Crippen molar-refractivity contribution in [3.63, 3.8) is 0 Å². The lowest BCUT2D eigenvalue weighted by molar-refractivity contribution is -0.117. The van der Waals surface area contributed by atoms with E-state index < -0.39 is 6.09 Å². The SMILES string of the molecule is CC(=O)N1c2ccc(-c3ccc(C(=O)NCCN)cc3)cc2N(C(=O)OC(C)C)C[C@@H]1C. The minimum Gasteiger partial charge on any atom is -0.446 e. The van der Waals surface area contributed by atoms with Crippen LogP contribution in [0.5, 0.6) is 0 Å². The topological polar surface area (TPSA) is 105 Å². The minimum absolute atomic E-state index is 0.0868. The average Bonchev–Trinajstić information content (AvgIpc) is 2.75. The van der Waals surface area contributed by atoms with Gasteiger partial charge in [-0.15, -0.1) is 0 Å². The third-order valence-corrected chi connectivity index (χ3v) is 5.22. The maximum Gasteiger partial charge on any atom is 0.414 e. The van der Waals surface area contributed by atoms with E-state index in [2.05, 4.69) is 5.32 Å². The normalized spacial score (nSPS) is 15.4. The zero-order valence-electron chi connectivity index (χ0n) is 18.9. The standard InChI is InChI=1S/C24H30N4O4/c1-15(2)32-24(31)27-14-16(3)28(17(4)29)21-10-9-20(13-22(21)27)18-5-7-19(8-6-18)23(30)26-12-11-25/h5-10,13,15-16H,11-12,14,25H2,1-4H3,(H,26,30)/t16-/m0/s1. The first-order valence-electron chi connectivity index (χ1n) is 10.7. The van der Waals surface area contributed by atoms with E-state index in [1.165, 1.54) is 6.92 Å². The molecule has 32 heavy (non-hydrogen) atoms. The molecule has 0 bridgehead atoms. The second kappa shape index (κ2) is 9.82. The van der Waals surface area contributed by atoms with Crippen molar-refractivity contribution >= 4 is 29.3 Å². The monoisotopic (exact) mass is 438 g/mol. The second-order valence-electron chi connectivity index (χ2n) is 8.11. The number of benzene rings is 2. The Bertz CT molecular complexity index is 1000. The summed E-state index contributed by atoms with van der Waals surface area (Å²) in [6.07, 6.45) is -0.700. The van der Waals surface area contributed by atoms with E-state index in [1.54, 1.807) is 35.8 Å². The molecule has 0 saturated carbocycles. The number of hydrogen-bond donors (Lipinski definition) is 2. The van der Waals surface area contributed by atoms with E-state index in [-0.39, 0.29) is 24.0 Å². The van der Waals surface area contributed by atoms with Gasteiger partial charge >= 0.3 is 6.09 Å². The molecule has 8 heteroatoms. The number of nitrogens with zero attached hydrogens (tertiary/aromatic N) is 2. The van der Waals surface area contributed by atoms with Crippen molar-refractivity contribution < 1.29 is 19.1 Å². The summed E-state index contributed by atoms with van der Waals surface area (Å²) in [7, 11) is 0. The number of amides is 3. The number of fused-ring (bicyclic) bond motifs is 1. The third-order valence-electron chi connectivity index (χ3n) is 5.22. The van der Waals surface area contributed by atoms with Crippen LogP contribution in [0.1, 0.15) is 38.1 Å². The Kier molecular flexibility index (Phi) is 7.15. The van der Waals surface area contributed by atoms with E-state index in [1.807, 2.05) is 37.3 Å². The van der Waals surface area contributed by atoms with Gasteiger partial charge in [-0.25, -0.2) is 4.79 Å². The van der Waals surface area contributed by atoms with Crippen LogP contribution < -0.4 is 20.9 Å². The van der Waals surface area contributed by atoms with E-state index >= 15 is 0 Å². The zero-order valence-corrected chi connectivity index (χ0v) is 18.9. The molecule has 0 spiro atoms. The summed E-state index contributed by atoms with van der Waals surface area (Å²) in [5.41, 5.74) is 9.00. The molecule has 3 rings (SSSR count). The molecule has 2 aromatic rings. The predicted octanol–water partition coefficient (Wildman–Crippen LogP) is 3.15. The zero-order chi connectivity index (χ0) is 23.4. The fourth-order valence-corrected chi connectivity index (χ4v) is 3.82. The molecular weight excluding hydrogens is 408 g/mol. The van der Waals surface area contributed by atoms with Gasteiger partial charge < -0.3 is 20.7 Å². The highest BCUT2D eigenvalue weighted by atomic mass is 16.6. The molecule has 1 aliphatic rings. The summed E-state index contributed by atoms with van der Waals surface area (Å²) in [5.74, 6) is -0.266. The van der Waals surface area contributed by atoms with E-state index in [4.69, 9.17) is 10.5 Å². The molecule has 0 radical (unpaired) electrons. The van der Waals surface area contributed by atoms with Crippen LogP contribution >= 0.6 is 0 Å². The number of anilines is 2. The molecule has 2 aromatic carbocycles. The lowest BCUT2D eigenvalue weighted by Gasteiger charge is -2.40. The summed E-state index contributed by atoms with van der Waals surface area (Å²) in [6.45, 7) is 8.16. The summed E-state index contributed by atoms with van der Waals surface area (Å²) in [6, 6.07) is 12.6. The summed E-state index contributed by atoms with van der Waals surface area (Å²) >= 11 is 0. The largest absolute Gasteiger partial charge is 0.446 e. The number of ether oxygens (including phenoxy) is 1. The van der Waals surface area contributed by atoms with Crippen LogP contribution in [-0.2, 0) is 9.53 Å². The van der Waals surface area contributed by atoms with Gasteiger partial charge in [0.1, 0.15) is 0 Å². The quantitative estimate of drug-likeness (QED) is 0.746. The molecule has 1 heterocycles. The first-order valence-corrected chi connectivity index (χ1v) is 10.7. The van der Waals surface area contributed by atoms with Gasteiger partial charge in [0.05, 0.1) is 23.5 Å². The summed E-state index contributed by atoms with van der Waals surface area (Å²) in [4.78, 5) is 40.5. The molecule has 0 aromatic heterocycles. The molecule has 170 valence electrons. The van der Waals surface area contributed by atoms with Crippen molar-refractivity contribution in [3.8, 4) is 11.1 Å². The minimum atomic E-state index is -0.444. The van der Waals surface area contributed by atoms with Crippen LogP contribution in [0.4, 0.5) is 16.2 Å². The van der Waals surface area contributed by atoms with Gasteiger partial charge in [-0.3, -0.25) is 14.5 Å². The van der Waals surface area contributed by atoms with Crippen molar-refractivity contribution in [1.29, 1.82) is 0 Å². The maximum atomic E-state index is 12.8. The van der Waals surface area contributed by atoms with Crippen molar-refractivity contribution in [1.82, 2.24) is 5.32 Å². The first-order chi connectivity index (χ1) is 15.2. The average molecular weight is 439 g/mol. The van der Waals surface area contributed by atoms with Crippen molar-refractivity contribution in [2.45, 2.75) is 39.8 Å². The Morgan fingerprint density at radius 1 is 1.09 bits per heavy atom. The first kappa shape index (κ1) is 23.3. The van der Waals surface area contributed by atoms with E-state index in [0.717, 1.165) is 11.1 Å². The Morgan fingerprint density at radius 3 is 2.34 bits per heavy atom. The molecule has 1 aliphatic heterocycles. The summed E-state index contributed by atoms with van der Waals surface area (Å²) < 4.78 is 5.44. The Hall–Kier alpha value is -3.39. The molecule has 0 saturated heterocycles. The van der Waals surface area contributed by atoms with Gasteiger partial charge in [0.2, 0.25) is 5.91 Å². The van der Waals surface area contributed by atoms with Gasteiger partial charge in [0.25, 0.3) is 5.91 Å². The fraction of sp³-hybridized carbons (Fsp3) is 0.375. The Morgan fingerprint density at radius 2 is 1.75 bits per heavy atom. The molecule has 3 N–H and O–H groups in total. The van der Waals surface area contributed by atoms with Crippen LogP contribution in [0.25, 0.3) is 11.1 Å². The van der Waals surface area contributed by atoms with Gasteiger partial charge in [0.15, 0.2) is 0 Å². The number of carbonyl (C=O) groups excluding carboxylic acids is 3. The molecule has 3 amide bonds. The number of rotatable bonds is 5. The number of nitrogens with one attached hydrogen (secondary N) is 1. The Labute approximate surface area is 188 Å². The molecule has 0 fully saturated rings. The van der Waals surface area contributed by atoms with Gasteiger partial charge in [-0.1, -0.05) is 18.2 Å². The van der Waals surface area contributed by atoms with Crippen LogP contribution in [0.15, 0.2) is 42.5 Å². The predicted molar refractivity (Wildman–Crippen MR) is 125 cm³/mol. The Balaban J connectivity index is 1.98. The summed E-state index contributed by atoms with van der Waals surface area (Å²) in [5, 5.41) is 2.74. The highest BCUT2D eigenvalue weighted by Crippen LogP contribution is 2.39. The van der Waals surface area contributed by atoms with Gasteiger partial charge in [0, 0.05) is 32.1 Å². The maximum absolute atomic E-state index is 12.8. The lowest BCUT2D eigenvalue weighted by atomic mass is 9.99. The molecule has 1 atom stereocenters. The number of carbonyl (C=O) groups is 3. The van der Waals surface area contributed by atoms with Crippen molar-refractivity contribution in [2.75, 3.05) is 29.4 Å². The van der Waals surface area contributed by atoms with Crippen molar-refractivity contribution in [3.05, 3.63) is 48.0 Å². The lowest BCUT2D eigenvalue weighted by Crippen LogP contribution is -2.51. The molecule has 0 aliphatic carbocycles. The fourth-order valence-electron chi connectivity index (χ4n) is 3.82. The smallest absolute Gasteiger partial charge is 0.414 e. The van der Waals surface area contributed by atoms with Crippen LogP contribution in [0.2, 0.25) is 0 Å². The highest BCUT2D eigenvalue weighted by molar-refractivity contribution is 6.03. The van der Waals surface area contributed by atoms with Gasteiger partial charge in [-0.2, -0.15) is 0 Å². The van der Waals surface area contributed by atoms with E-state index in [9.17, 15) is 14.4 Å². The van der Waals surface area contributed by atoms with Crippen LogP contribution in [-0.4, -0.2) is 49.7 Å². The second-order valence-corrected chi connectivity index (χ2v) is 8.11. The van der Waals surface area contributed by atoms with Crippen LogP contribution in [0, 0.1) is 0 Å². The van der Waals surface area contributed by atoms with Crippen molar-refractivity contribution in [2.24, 2.45) is 5.73 Å². The van der Waals surface area contributed by atoms with Gasteiger partial charge in [-0.05, 0) is 56.2 Å². The number of nitrogens with two attached hydrogens (primary N) is 1. The van der Waals surface area contributed by atoms with E-state index in [0.29, 0.717) is 36.6 Å². The molecule has 0 unspecified atom stereocenters. The highest BCUT2D eigenvalue weighted by Gasteiger charge is 2.34. The third kappa shape index (κ3) is 4.91. The number of hydrogen-bond acceptors (Lipinski definition) is 5. The molecular formula is C24H30N4O4. The van der Waals surface area contributed by atoms with Crippen LogP contribution in [0.3, 0.4) is 0 Å². The molecule has 8 nitrogen and oxygen atoms in total.